The quantitative estimate of drug-likeness (QED) is 0.665. The van der Waals surface area contributed by atoms with Gasteiger partial charge < -0.3 is 5.32 Å². The van der Waals surface area contributed by atoms with Crippen molar-refractivity contribution in [2.24, 2.45) is 0 Å². The average Bonchev–Trinajstić information content (AvgIpc) is 1.95. The first-order chi connectivity index (χ1) is 5.85. The van der Waals surface area contributed by atoms with Crippen LogP contribution in [0.1, 0.15) is 26.2 Å². The largest absolute Gasteiger partial charge is 0.389 e. The molecule has 0 aromatic carbocycles. The SMILES string of the molecule is C=C(C)CC(CCC(F)(F)F)NC. The lowest BCUT2D eigenvalue weighted by molar-refractivity contribution is -0.136. The van der Waals surface area contributed by atoms with Crippen LogP contribution in [0.3, 0.4) is 0 Å². The zero-order valence-corrected chi connectivity index (χ0v) is 8.04. The van der Waals surface area contributed by atoms with Crippen LogP contribution in [0.15, 0.2) is 12.2 Å². The predicted molar refractivity (Wildman–Crippen MR) is 47.6 cm³/mol. The van der Waals surface area contributed by atoms with Gasteiger partial charge in [0.05, 0.1) is 0 Å². The third kappa shape index (κ3) is 7.84. The molecule has 0 saturated carbocycles. The highest BCUT2D eigenvalue weighted by Crippen LogP contribution is 2.23. The average molecular weight is 195 g/mol. The van der Waals surface area contributed by atoms with Crippen LogP contribution in [0.4, 0.5) is 13.2 Å². The number of rotatable bonds is 5. The smallest absolute Gasteiger partial charge is 0.317 e. The van der Waals surface area contributed by atoms with E-state index in [1.807, 2.05) is 6.92 Å². The number of hydrogen-bond donors (Lipinski definition) is 1. The maximum atomic E-state index is 11.8. The second-order valence-electron chi connectivity index (χ2n) is 3.30. The first-order valence-electron chi connectivity index (χ1n) is 4.23. The van der Waals surface area contributed by atoms with E-state index in [4.69, 9.17) is 0 Å². The van der Waals surface area contributed by atoms with Gasteiger partial charge in [-0.3, -0.25) is 0 Å². The van der Waals surface area contributed by atoms with Crippen molar-refractivity contribution in [3.05, 3.63) is 12.2 Å². The molecule has 1 N–H and O–H groups in total. The van der Waals surface area contributed by atoms with Gasteiger partial charge in [-0.25, -0.2) is 0 Å². The second kappa shape index (κ2) is 5.27. The van der Waals surface area contributed by atoms with Crippen LogP contribution in [0.5, 0.6) is 0 Å². The van der Waals surface area contributed by atoms with Gasteiger partial charge in [0.1, 0.15) is 0 Å². The van der Waals surface area contributed by atoms with E-state index in [2.05, 4.69) is 11.9 Å². The molecule has 0 saturated heterocycles. The molecule has 0 aliphatic rings. The molecule has 0 bridgehead atoms. The Bertz CT molecular complexity index is 163. The summed E-state index contributed by atoms with van der Waals surface area (Å²) in [5.74, 6) is 0. The fourth-order valence-corrected chi connectivity index (χ4v) is 1.11. The van der Waals surface area contributed by atoms with E-state index >= 15 is 0 Å². The maximum Gasteiger partial charge on any atom is 0.389 e. The fourth-order valence-electron chi connectivity index (χ4n) is 1.11. The summed E-state index contributed by atoms with van der Waals surface area (Å²) in [6, 6.07) is -0.112. The van der Waals surface area contributed by atoms with Crippen LogP contribution < -0.4 is 5.32 Å². The predicted octanol–water partition coefficient (Wildman–Crippen LogP) is 2.88. The summed E-state index contributed by atoms with van der Waals surface area (Å²) >= 11 is 0. The van der Waals surface area contributed by atoms with Gasteiger partial charge in [0.15, 0.2) is 0 Å². The van der Waals surface area contributed by atoms with E-state index in [-0.39, 0.29) is 12.5 Å². The second-order valence-corrected chi connectivity index (χ2v) is 3.30. The van der Waals surface area contributed by atoms with Crippen molar-refractivity contribution < 1.29 is 13.2 Å². The maximum absolute atomic E-state index is 11.8. The molecule has 0 aromatic rings. The summed E-state index contributed by atoms with van der Waals surface area (Å²) in [6.07, 6.45) is -4.06. The summed E-state index contributed by atoms with van der Waals surface area (Å²) in [5.41, 5.74) is 0.904. The molecule has 0 aromatic heterocycles. The molecule has 0 aliphatic heterocycles. The van der Waals surface area contributed by atoms with Crippen LogP contribution in [0, 0.1) is 0 Å². The van der Waals surface area contributed by atoms with Crippen molar-refractivity contribution >= 4 is 0 Å². The van der Waals surface area contributed by atoms with E-state index in [1.165, 1.54) is 0 Å². The minimum absolute atomic E-state index is 0.112. The van der Waals surface area contributed by atoms with Gasteiger partial charge in [0.2, 0.25) is 0 Å². The number of hydrogen-bond acceptors (Lipinski definition) is 1. The Balaban J connectivity index is 3.79. The zero-order chi connectivity index (χ0) is 10.5. The van der Waals surface area contributed by atoms with E-state index in [1.54, 1.807) is 7.05 Å². The van der Waals surface area contributed by atoms with E-state index < -0.39 is 12.6 Å². The number of nitrogens with one attached hydrogen (secondary N) is 1. The number of halogens is 3. The van der Waals surface area contributed by atoms with Gasteiger partial charge in [-0.15, -0.1) is 6.58 Å². The fraction of sp³-hybridized carbons (Fsp3) is 0.778. The molecule has 1 atom stereocenters. The van der Waals surface area contributed by atoms with Crippen molar-refractivity contribution in [2.45, 2.75) is 38.4 Å². The van der Waals surface area contributed by atoms with Crippen LogP contribution in [-0.4, -0.2) is 19.3 Å². The zero-order valence-electron chi connectivity index (χ0n) is 8.04. The third-order valence-electron chi connectivity index (χ3n) is 1.78. The first kappa shape index (κ1) is 12.5. The Morgan fingerprint density at radius 2 is 2.00 bits per heavy atom. The van der Waals surface area contributed by atoms with Crippen molar-refractivity contribution in [1.29, 1.82) is 0 Å². The van der Waals surface area contributed by atoms with Gasteiger partial charge in [0.25, 0.3) is 0 Å². The molecule has 13 heavy (non-hydrogen) atoms. The van der Waals surface area contributed by atoms with E-state index in [0.29, 0.717) is 6.42 Å². The molecular formula is C9H16F3N. The Hall–Kier alpha value is -0.510. The first-order valence-corrected chi connectivity index (χ1v) is 4.23. The Morgan fingerprint density at radius 3 is 2.31 bits per heavy atom. The summed E-state index contributed by atoms with van der Waals surface area (Å²) in [5, 5.41) is 2.85. The molecule has 0 heterocycles. The van der Waals surface area contributed by atoms with Gasteiger partial charge in [-0.05, 0) is 26.8 Å². The highest BCUT2D eigenvalue weighted by atomic mass is 19.4. The van der Waals surface area contributed by atoms with Gasteiger partial charge in [-0.2, -0.15) is 13.2 Å². The summed E-state index contributed by atoms with van der Waals surface area (Å²) < 4.78 is 35.5. The highest BCUT2D eigenvalue weighted by Gasteiger charge is 2.27. The normalized spacial score (nSPS) is 14.2. The lowest BCUT2D eigenvalue weighted by atomic mass is 10.0. The minimum atomic E-state index is -4.05. The van der Waals surface area contributed by atoms with Crippen LogP contribution >= 0.6 is 0 Å². The molecule has 1 nitrogen and oxygen atoms in total. The third-order valence-corrected chi connectivity index (χ3v) is 1.78. The molecule has 0 spiro atoms. The molecule has 4 heteroatoms. The van der Waals surface area contributed by atoms with Gasteiger partial charge >= 0.3 is 6.18 Å². The molecule has 0 radical (unpaired) electrons. The molecule has 78 valence electrons. The standard InChI is InChI=1S/C9H16F3N/c1-7(2)6-8(13-3)4-5-9(10,11)12/h8,13H,1,4-6H2,2-3H3. The van der Waals surface area contributed by atoms with Crippen LogP contribution in [0.25, 0.3) is 0 Å². The van der Waals surface area contributed by atoms with E-state index in [0.717, 1.165) is 5.57 Å². The Morgan fingerprint density at radius 1 is 1.46 bits per heavy atom. The van der Waals surface area contributed by atoms with Crippen molar-refractivity contribution in [1.82, 2.24) is 5.32 Å². The molecule has 0 aliphatic carbocycles. The van der Waals surface area contributed by atoms with Crippen molar-refractivity contribution in [3.63, 3.8) is 0 Å². The lowest BCUT2D eigenvalue weighted by Crippen LogP contribution is -2.27. The summed E-state index contributed by atoms with van der Waals surface area (Å²) in [6.45, 7) is 5.48. The lowest BCUT2D eigenvalue weighted by Gasteiger charge is -2.16. The molecule has 0 amide bonds. The van der Waals surface area contributed by atoms with Crippen LogP contribution in [0.2, 0.25) is 0 Å². The van der Waals surface area contributed by atoms with Crippen molar-refractivity contribution in [3.8, 4) is 0 Å². The number of alkyl halides is 3. The summed E-state index contributed by atoms with van der Waals surface area (Å²) in [4.78, 5) is 0. The molecule has 0 fully saturated rings. The van der Waals surface area contributed by atoms with Gasteiger partial charge in [-0.1, -0.05) is 5.57 Å². The summed E-state index contributed by atoms with van der Waals surface area (Å²) in [7, 11) is 1.67. The van der Waals surface area contributed by atoms with Crippen molar-refractivity contribution in [2.75, 3.05) is 7.05 Å². The minimum Gasteiger partial charge on any atom is -0.317 e. The topological polar surface area (TPSA) is 12.0 Å². The highest BCUT2D eigenvalue weighted by molar-refractivity contribution is 4.92. The van der Waals surface area contributed by atoms with Crippen LogP contribution in [-0.2, 0) is 0 Å². The molecule has 0 rings (SSSR count). The molecular weight excluding hydrogens is 179 g/mol. The van der Waals surface area contributed by atoms with Gasteiger partial charge in [0, 0.05) is 12.5 Å². The Kier molecular flexibility index (Phi) is 5.06. The molecule has 1 unspecified atom stereocenters. The Labute approximate surface area is 77.0 Å². The monoisotopic (exact) mass is 195 g/mol. The van der Waals surface area contributed by atoms with E-state index in [9.17, 15) is 13.2 Å².